The summed E-state index contributed by atoms with van der Waals surface area (Å²) in [5.41, 5.74) is 1.30. The van der Waals surface area contributed by atoms with E-state index in [2.05, 4.69) is 10.3 Å². The minimum absolute atomic E-state index is 0.219. The van der Waals surface area contributed by atoms with Crippen LogP contribution in [-0.4, -0.2) is 16.1 Å². The average Bonchev–Trinajstić information content (AvgIpc) is 2.92. The maximum Gasteiger partial charge on any atom is 0.308 e. The third kappa shape index (κ3) is 3.57. The first kappa shape index (κ1) is 16.1. The lowest BCUT2D eigenvalue weighted by Crippen LogP contribution is -1.99. The lowest BCUT2D eigenvalue weighted by Gasteiger charge is -2.03. The number of benzene rings is 2. The summed E-state index contributed by atoms with van der Waals surface area (Å²) >= 11 is 1.13. The summed E-state index contributed by atoms with van der Waals surface area (Å²) in [4.78, 5) is 15.9. The molecule has 0 amide bonds. The van der Waals surface area contributed by atoms with Crippen molar-refractivity contribution in [1.82, 2.24) is 4.98 Å². The van der Waals surface area contributed by atoms with Gasteiger partial charge in [-0.1, -0.05) is 12.1 Å². The highest BCUT2D eigenvalue weighted by Gasteiger charge is 2.16. The number of hydrogen-bond acceptors (Lipinski definition) is 4. The second kappa shape index (κ2) is 6.76. The summed E-state index contributed by atoms with van der Waals surface area (Å²) in [6, 6.07) is 11.7. The maximum absolute atomic E-state index is 13.7. The van der Waals surface area contributed by atoms with Gasteiger partial charge in [-0.15, -0.1) is 11.3 Å². The number of nitrogens with zero attached hydrogens (tertiary/aromatic N) is 1. The van der Waals surface area contributed by atoms with Gasteiger partial charge in [0.25, 0.3) is 0 Å². The molecule has 0 fully saturated rings. The molecule has 0 bridgehead atoms. The fourth-order valence-electron chi connectivity index (χ4n) is 2.17. The van der Waals surface area contributed by atoms with E-state index in [1.165, 1.54) is 30.3 Å². The van der Waals surface area contributed by atoms with Crippen molar-refractivity contribution in [3.05, 3.63) is 65.0 Å². The minimum Gasteiger partial charge on any atom is -0.481 e. The van der Waals surface area contributed by atoms with Crippen molar-refractivity contribution in [3.8, 4) is 11.3 Å². The van der Waals surface area contributed by atoms with Crippen molar-refractivity contribution in [2.24, 2.45) is 0 Å². The van der Waals surface area contributed by atoms with Crippen LogP contribution in [0, 0.1) is 11.6 Å². The van der Waals surface area contributed by atoms with Gasteiger partial charge >= 0.3 is 5.97 Å². The number of aromatic nitrogens is 1. The zero-order valence-electron chi connectivity index (χ0n) is 12.3. The molecule has 0 aliphatic heterocycles. The molecule has 1 heterocycles. The molecule has 0 spiro atoms. The van der Waals surface area contributed by atoms with E-state index in [0.717, 1.165) is 11.3 Å². The van der Waals surface area contributed by atoms with Crippen LogP contribution in [0.3, 0.4) is 0 Å². The van der Waals surface area contributed by atoms with Crippen molar-refractivity contribution >= 4 is 28.1 Å². The molecule has 122 valence electrons. The van der Waals surface area contributed by atoms with E-state index in [-0.39, 0.29) is 12.1 Å². The highest BCUT2D eigenvalue weighted by molar-refractivity contribution is 7.16. The second-order valence-corrected chi connectivity index (χ2v) is 6.06. The second-order valence-electron chi connectivity index (χ2n) is 4.97. The first-order valence-corrected chi connectivity index (χ1v) is 7.83. The van der Waals surface area contributed by atoms with Gasteiger partial charge < -0.3 is 10.4 Å². The molecule has 0 aliphatic rings. The molecule has 0 radical (unpaired) electrons. The third-order valence-corrected chi connectivity index (χ3v) is 4.21. The van der Waals surface area contributed by atoms with Gasteiger partial charge in [0.1, 0.15) is 11.6 Å². The van der Waals surface area contributed by atoms with E-state index >= 15 is 0 Å². The Hall–Kier alpha value is -2.80. The predicted molar refractivity (Wildman–Crippen MR) is 88.5 cm³/mol. The summed E-state index contributed by atoms with van der Waals surface area (Å²) < 4.78 is 26.8. The van der Waals surface area contributed by atoms with E-state index in [1.54, 1.807) is 18.2 Å². The van der Waals surface area contributed by atoms with Gasteiger partial charge in [0.15, 0.2) is 5.13 Å². The van der Waals surface area contributed by atoms with Crippen molar-refractivity contribution < 1.29 is 18.7 Å². The van der Waals surface area contributed by atoms with Gasteiger partial charge in [-0.05, 0) is 36.4 Å². The highest BCUT2D eigenvalue weighted by atomic mass is 32.1. The first-order valence-electron chi connectivity index (χ1n) is 7.02. The zero-order chi connectivity index (χ0) is 17.1. The Kier molecular flexibility index (Phi) is 4.52. The van der Waals surface area contributed by atoms with Crippen molar-refractivity contribution in [1.29, 1.82) is 0 Å². The Morgan fingerprint density at radius 3 is 2.50 bits per heavy atom. The molecule has 2 aromatic carbocycles. The lowest BCUT2D eigenvalue weighted by molar-refractivity contribution is -0.136. The molecule has 3 rings (SSSR count). The molecule has 1 aromatic heterocycles. The molecule has 24 heavy (non-hydrogen) atoms. The zero-order valence-corrected chi connectivity index (χ0v) is 13.1. The number of thiazole rings is 1. The SMILES string of the molecule is O=C(O)Cc1sc(Nc2ccccc2F)nc1-c1ccc(F)cc1. The number of rotatable bonds is 5. The molecule has 2 N–H and O–H groups in total. The smallest absolute Gasteiger partial charge is 0.308 e. The van der Waals surface area contributed by atoms with E-state index in [0.29, 0.717) is 21.3 Å². The van der Waals surface area contributed by atoms with Crippen LogP contribution in [-0.2, 0) is 11.2 Å². The fraction of sp³-hybridized carbons (Fsp3) is 0.0588. The number of aliphatic carboxylic acids is 1. The van der Waals surface area contributed by atoms with Crippen molar-refractivity contribution in [3.63, 3.8) is 0 Å². The molecule has 0 aliphatic carbocycles. The van der Waals surface area contributed by atoms with E-state index in [4.69, 9.17) is 5.11 Å². The predicted octanol–water partition coefficient (Wildman–Crippen LogP) is 4.46. The van der Waals surface area contributed by atoms with Gasteiger partial charge in [-0.2, -0.15) is 0 Å². The van der Waals surface area contributed by atoms with Crippen LogP contribution in [0.1, 0.15) is 4.88 Å². The Balaban J connectivity index is 1.98. The Morgan fingerprint density at radius 2 is 1.83 bits per heavy atom. The van der Waals surface area contributed by atoms with Gasteiger partial charge in [0.05, 0.1) is 17.8 Å². The first-order chi connectivity index (χ1) is 11.5. The minimum atomic E-state index is -1.00. The van der Waals surface area contributed by atoms with E-state index in [9.17, 15) is 13.6 Å². The Labute approximate surface area is 140 Å². The summed E-state index contributed by atoms with van der Waals surface area (Å²) in [6.07, 6.45) is -0.219. The van der Waals surface area contributed by atoms with Crippen molar-refractivity contribution in [2.75, 3.05) is 5.32 Å². The molecule has 0 saturated carbocycles. The number of nitrogens with one attached hydrogen (secondary N) is 1. The van der Waals surface area contributed by atoms with Crippen LogP contribution in [0.5, 0.6) is 0 Å². The highest BCUT2D eigenvalue weighted by Crippen LogP contribution is 2.33. The van der Waals surface area contributed by atoms with Crippen LogP contribution in [0.4, 0.5) is 19.6 Å². The number of carbonyl (C=O) groups is 1. The fourth-order valence-corrected chi connectivity index (χ4v) is 3.16. The Bertz CT molecular complexity index is 879. The van der Waals surface area contributed by atoms with Gasteiger partial charge in [0.2, 0.25) is 0 Å². The van der Waals surface area contributed by atoms with Gasteiger partial charge in [0, 0.05) is 10.4 Å². The molecule has 3 aromatic rings. The van der Waals surface area contributed by atoms with E-state index in [1.807, 2.05) is 0 Å². The Morgan fingerprint density at radius 1 is 1.12 bits per heavy atom. The summed E-state index contributed by atoms with van der Waals surface area (Å²) in [5, 5.41) is 12.3. The normalized spacial score (nSPS) is 10.6. The number of hydrogen-bond donors (Lipinski definition) is 2. The average molecular weight is 346 g/mol. The topological polar surface area (TPSA) is 62.2 Å². The van der Waals surface area contributed by atoms with Gasteiger partial charge in [-0.25, -0.2) is 13.8 Å². The number of carboxylic acids is 1. The van der Waals surface area contributed by atoms with Crippen LogP contribution in [0.25, 0.3) is 11.3 Å². The monoisotopic (exact) mass is 346 g/mol. The standard InChI is InChI=1S/C17H12F2N2O2S/c18-11-7-5-10(6-8-11)16-14(9-15(22)23)24-17(21-16)20-13-4-2-1-3-12(13)19/h1-8H,9H2,(H,20,21)(H,22,23). The molecule has 0 atom stereocenters. The number of halogens is 2. The maximum atomic E-state index is 13.7. The molecular weight excluding hydrogens is 334 g/mol. The lowest BCUT2D eigenvalue weighted by atomic mass is 10.1. The largest absolute Gasteiger partial charge is 0.481 e. The quantitative estimate of drug-likeness (QED) is 0.716. The summed E-state index contributed by atoms with van der Waals surface area (Å²) in [5.74, 6) is -1.83. The number of para-hydroxylation sites is 1. The third-order valence-electron chi connectivity index (χ3n) is 3.24. The summed E-state index contributed by atoms with van der Waals surface area (Å²) in [6.45, 7) is 0. The molecule has 0 saturated heterocycles. The van der Waals surface area contributed by atoms with Crippen molar-refractivity contribution in [2.45, 2.75) is 6.42 Å². The number of anilines is 2. The van der Waals surface area contributed by atoms with Crippen LogP contribution in [0.2, 0.25) is 0 Å². The number of carboxylic acid groups (broad SMARTS) is 1. The molecule has 7 heteroatoms. The molecule has 0 unspecified atom stereocenters. The van der Waals surface area contributed by atoms with Crippen LogP contribution in [0.15, 0.2) is 48.5 Å². The van der Waals surface area contributed by atoms with Crippen LogP contribution >= 0.6 is 11.3 Å². The van der Waals surface area contributed by atoms with Gasteiger partial charge in [-0.3, -0.25) is 4.79 Å². The van der Waals surface area contributed by atoms with Crippen LogP contribution < -0.4 is 5.32 Å². The van der Waals surface area contributed by atoms with E-state index < -0.39 is 17.6 Å². The molecular formula is C17H12F2N2O2S. The molecule has 4 nitrogen and oxygen atoms in total. The summed E-state index contributed by atoms with van der Waals surface area (Å²) in [7, 11) is 0.